The van der Waals surface area contributed by atoms with Gasteiger partial charge in [0.25, 0.3) is 0 Å². The minimum Gasteiger partial charge on any atom is -0.508 e. The fraction of sp³-hybridized carbons (Fsp3) is 0.200. The van der Waals surface area contributed by atoms with Crippen LogP contribution in [0.1, 0.15) is 19.9 Å². The van der Waals surface area contributed by atoms with E-state index in [-0.39, 0.29) is 0 Å². The quantitative estimate of drug-likeness (QED) is 0.663. The van der Waals surface area contributed by atoms with Crippen LogP contribution in [0.4, 0.5) is 0 Å². The molecule has 3 rings (SSSR count). The summed E-state index contributed by atoms with van der Waals surface area (Å²) < 4.78 is 2.27. The predicted molar refractivity (Wildman–Crippen MR) is 71.5 cm³/mol. The van der Waals surface area contributed by atoms with Crippen LogP contribution in [0.2, 0.25) is 0 Å². The largest absolute Gasteiger partial charge is 0.508 e. The SMILES string of the molecule is CC(C)n1c2ccccc2c2ccc(O)cc21. The molecule has 0 aliphatic rings. The topological polar surface area (TPSA) is 25.2 Å². The van der Waals surface area contributed by atoms with Gasteiger partial charge in [-0.3, -0.25) is 0 Å². The monoisotopic (exact) mass is 225 g/mol. The molecule has 0 radical (unpaired) electrons. The molecular weight excluding hydrogens is 210 g/mol. The lowest BCUT2D eigenvalue weighted by Gasteiger charge is -2.11. The highest BCUT2D eigenvalue weighted by Gasteiger charge is 2.12. The Labute approximate surface area is 100 Å². The number of rotatable bonds is 1. The summed E-state index contributed by atoms with van der Waals surface area (Å²) in [6.45, 7) is 4.33. The molecule has 0 aliphatic heterocycles. The summed E-state index contributed by atoms with van der Waals surface area (Å²) in [6, 6.07) is 14.3. The molecule has 1 N–H and O–H groups in total. The van der Waals surface area contributed by atoms with E-state index in [4.69, 9.17) is 0 Å². The van der Waals surface area contributed by atoms with Crippen molar-refractivity contribution in [2.45, 2.75) is 19.9 Å². The van der Waals surface area contributed by atoms with E-state index in [0.29, 0.717) is 11.8 Å². The lowest BCUT2D eigenvalue weighted by molar-refractivity contribution is 0.475. The van der Waals surface area contributed by atoms with Crippen molar-refractivity contribution in [3.05, 3.63) is 42.5 Å². The first kappa shape index (κ1) is 10.2. The third kappa shape index (κ3) is 1.41. The smallest absolute Gasteiger partial charge is 0.117 e. The standard InChI is InChI=1S/C15H15NO/c1-10(2)16-14-6-4-3-5-12(14)13-8-7-11(17)9-15(13)16/h3-10,17H,1-2H3. The van der Waals surface area contributed by atoms with Crippen molar-refractivity contribution in [1.82, 2.24) is 4.57 Å². The highest BCUT2D eigenvalue weighted by Crippen LogP contribution is 2.33. The maximum Gasteiger partial charge on any atom is 0.117 e. The first-order valence-corrected chi connectivity index (χ1v) is 5.90. The summed E-state index contributed by atoms with van der Waals surface area (Å²) in [7, 11) is 0. The molecular formula is C15H15NO. The van der Waals surface area contributed by atoms with Crippen LogP contribution in [-0.4, -0.2) is 9.67 Å². The normalized spacial score (nSPS) is 11.7. The molecule has 0 atom stereocenters. The molecule has 1 aromatic heterocycles. The highest BCUT2D eigenvalue weighted by molar-refractivity contribution is 6.08. The summed E-state index contributed by atoms with van der Waals surface area (Å²) in [5, 5.41) is 12.1. The van der Waals surface area contributed by atoms with E-state index in [1.807, 2.05) is 12.1 Å². The number of phenolic OH excluding ortho intramolecular Hbond substituents is 1. The van der Waals surface area contributed by atoms with Gasteiger partial charge in [0.15, 0.2) is 0 Å². The Morgan fingerprint density at radius 1 is 0.941 bits per heavy atom. The summed E-state index contributed by atoms with van der Waals surface area (Å²) in [4.78, 5) is 0. The summed E-state index contributed by atoms with van der Waals surface area (Å²) in [5.41, 5.74) is 2.32. The van der Waals surface area contributed by atoms with Crippen LogP contribution in [-0.2, 0) is 0 Å². The van der Waals surface area contributed by atoms with Crippen molar-refractivity contribution in [3.63, 3.8) is 0 Å². The Bertz CT molecular complexity index is 695. The van der Waals surface area contributed by atoms with Crippen LogP contribution in [0.25, 0.3) is 21.8 Å². The van der Waals surface area contributed by atoms with Crippen molar-refractivity contribution >= 4 is 21.8 Å². The first-order chi connectivity index (χ1) is 8.18. The Balaban J connectivity index is 2.57. The molecule has 1 heterocycles. The molecule has 2 heteroatoms. The molecule has 0 saturated heterocycles. The van der Waals surface area contributed by atoms with Gasteiger partial charge in [0, 0.05) is 28.4 Å². The molecule has 0 aliphatic carbocycles. The maximum absolute atomic E-state index is 9.65. The molecule has 17 heavy (non-hydrogen) atoms. The number of nitrogens with zero attached hydrogens (tertiary/aromatic N) is 1. The Kier molecular flexibility index (Phi) is 2.11. The average molecular weight is 225 g/mol. The molecule has 86 valence electrons. The van der Waals surface area contributed by atoms with Gasteiger partial charge in [-0.1, -0.05) is 18.2 Å². The van der Waals surface area contributed by atoms with Crippen molar-refractivity contribution < 1.29 is 5.11 Å². The van der Waals surface area contributed by atoms with Gasteiger partial charge < -0.3 is 9.67 Å². The second-order valence-electron chi connectivity index (χ2n) is 4.68. The zero-order valence-electron chi connectivity index (χ0n) is 10.0. The maximum atomic E-state index is 9.65. The van der Waals surface area contributed by atoms with E-state index in [0.717, 1.165) is 5.52 Å². The number of hydrogen-bond acceptors (Lipinski definition) is 1. The van der Waals surface area contributed by atoms with Crippen molar-refractivity contribution in [2.24, 2.45) is 0 Å². The predicted octanol–water partition coefficient (Wildman–Crippen LogP) is 4.08. The molecule has 0 bridgehead atoms. The van der Waals surface area contributed by atoms with Gasteiger partial charge in [-0.05, 0) is 32.0 Å². The third-order valence-corrected chi connectivity index (χ3v) is 3.21. The highest BCUT2D eigenvalue weighted by atomic mass is 16.3. The number of aromatic nitrogens is 1. The second-order valence-corrected chi connectivity index (χ2v) is 4.68. The lowest BCUT2D eigenvalue weighted by atomic mass is 10.1. The third-order valence-electron chi connectivity index (χ3n) is 3.21. The van der Waals surface area contributed by atoms with E-state index in [1.54, 1.807) is 6.07 Å². The van der Waals surface area contributed by atoms with E-state index in [9.17, 15) is 5.11 Å². The van der Waals surface area contributed by atoms with Crippen molar-refractivity contribution in [1.29, 1.82) is 0 Å². The molecule has 2 nitrogen and oxygen atoms in total. The zero-order chi connectivity index (χ0) is 12.0. The van der Waals surface area contributed by atoms with E-state index in [1.165, 1.54) is 16.3 Å². The van der Waals surface area contributed by atoms with Gasteiger partial charge in [0.2, 0.25) is 0 Å². The van der Waals surface area contributed by atoms with Crippen LogP contribution >= 0.6 is 0 Å². The van der Waals surface area contributed by atoms with Gasteiger partial charge in [0.1, 0.15) is 5.75 Å². The van der Waals surface area contributed by atoms with Crippen LogP contribution in [0.15, 0.2) is 42.5 Å². The van der Waals surface area contributed by atoms with Gasteiger partial charge in [-0.2, -0.15) is 0 Å². The van der Waals surface area contributed by atoms with Gasteiger partial charge in [-0.25, -0.2) is 0 Å². The molecule has 0 unspecified atom stereocenters. The number of phenols is 1. The summed E-state index contributed by atoms with van der Waals surface area (Å²) in [6.07, 6.45) is 0. The van der Waals surface area contributed by atoms with Crippen LogP contribution in [0, 0.1) is 0 Å². The minimum absolute atomic E-state index is 0.321. The van der Waals surface area contributed by atoms with Crippen LogP contribution in [0.5, 0.6) is 5.75 Å². The molecule has 0 spiro atoms. The summed E-state index contributed by atoms with van der Waals surface area (Å²) >= 11 is 0. The number of benzene rings is 2. The van der Waals surface area contributed by atoms with Crippen LogP contribution in [0.3, 0.4) is 0 Å². The van der Waals surface area contributed by atoms with E-state index < -0.39 is 0 Å². The number of para-hydroxylation sites is 1. The lowest BCUT2D eigenvalue weighted by Crippen LogP contribution is -1.99. The second kappa shape index (κ2) is 3.52. The molecule has 2 aromatic carbocycles. The van der Waals surface area contributed by atoms with Crippen LogP contribution < -0.4 is 0 Å². The molecule has 0 fully saturated rings. The number of aromatic hydroxyl groups is 1. The van der Waals surface area contributed by atoms with E-state index >= 15 is 0 Å². The first-order valence-electron chi connectivity index (χ1n) is 5.90. The van der Waals surface area contributed by atoms with E-state index in [2.05, 4.69) is 42.7 Å². The Morgan fingerprint density at radius 2 is 1.65 bits per heavy atom. The van der Waals surface area contributed by atoms with Gasteiger partial charge >= 0.3 is 0 Å². The zero-order valence-corrected chi connectivity index (χ0v) is 10.0. The minimum atomic E-state index is 0.321. The van der Waals surface area contributed by atoms with Crippen molar-refractivity contribution in [3.8, 4) is 5.75 Å². The average Bonchev–Trinajstić information content (AvgIpc) is 2.62. The molecule has 3 aromatic rings. The van der Waals surface area contributed by atoms with Gasteiger partial charge in [0.05, 0.1) is 5.52 Å². The Morgan fingerprint density at radius 3 is 2.41 bits per heavy atom. The fourth-order valence-electron chi connectivity index (χ4n) is 2.54. The van der Waals surface area contributed by atoms with Crippen molar-refractivity contribution in [2.75, 3.05) is 0 Å². The number of fused-ring (bicyclic) bond motifs is 3. The Hall–Kier alpha value is -1.96. The molecule has 0 saturated carbocycles. The number of hydrogen-bond donors (Lipinski definition) is 1. The molecule has 0 amide bonds. The summed E-state index contributed by atoms with van der Waals surface area (Å²) in [5.74, 6) is 0.321. The fourth-order valence-corrected chi connectivity index (χ4v) is 2.54. The van der Waals surface area contributed by atoms with Gasteiger partial charge in [-0.15, -0.1) is 0 Å².